The predicted octanol–water partition coefficient (Wildman–Crippen LogP) is 1.70. The zero-order valence-corrected chi connectivity index (χ0v) is 4.65. The molecule has 2 heteroatoms. The second-order valence-corrected chi connectivity index (χ2v) is 1.30. The lowest BCUT2D eigenvalue weighted by atomic mass is 10.4. The highest BCUT2D eigenvalue weighted by Gasteiger charge is 1.67. The molecule has 0 N–H and O–H groups in total. The van der Waals surface area contributed by atoms with Crippen LogP contribution in [0.3, 0.4) is 0 Å². The Labute approximate surface area is 48.2 Å². The van der Waals surface area contributed by atoms with Crippen LogP contribution in [0.2, 0.25) is 0 Å². The van der Waals surface area contributed by atoms with Crippen molar-refractivity contribution in [3.8, 4) is 6.07 Å². The van der Waals surface area contributed by atoms with Crippen LogP contribution in [-0.2, 0) is 0 Å². The van der Waals surface area contributed by atoms with Crippen LogP contribution in [0.5, 0.6) is 0 Å². The smallest absolute Gasteiger partial charge is 0.0663 e. The van der Waals surface area contributed by atoms with Gasteiger partial charge in [-0.2, -0.15) is 5.26 Å². The molecule has 0 aliphatic rings. The van der Waals surface area contributed by atoms with Crippen LogP contribution in [-0.4, -0.2) is 5.88 Å². The first-order chi connectivity index (χ1) is 3.41. The summed E-state index contributed by atoms with van der Waals surface area (Å²) in [6, 6.07) is 1.96. The van der Waals surface area contributed by atoms with Gasteiger partial charge in [0, 0.05) is 5.88 Å². The van der Waals surface area contributed by atoms with E-state index in [1.807, 2.05) is 6.07 Å². The molecule has 0 saturated carbocycles. The molecule has 38 valence electrons. The highest BCUT2D eigenvalue weighted by atomic mass is 35.5. The summed E-state index contributed by atoms with van der Waals surface area (Å²) in [7, 11) is 0. The van der Waals surface area contributed by atoms with E-state index >= 15 is 0 Å². The minimum absolute atomic E-state index is 0.465. The summed E-state index contributed by atoms with van der Waals surface area (Å²) in [6.07, 6.45) is 3.96. The van der Waals surface area contributed by atoms with Crippen LogP contribution >= 0.6 is 11.6 Å². The van der Waals surface area contributed by atoms with Gasteiger partial charge in [0.2, 0.25) is 0 Å². The molecule has 0 aromatic carbocycles. The van der Waals surface area contributed by atoms with Crippen LogP contribution in [0.25, 0.3) is 0 Å². The first-order valence-corrected chi connectivity index (χ1v) is 2.53. The number of allylic oxidation sites excluding steroid dienone is 2. The SMILES string of the molecule is N#CCC=CCCl. The summed E-state index contributed by atoms with van der Waals surface area (Å²) < 4.78 is 0. The van der Waals surface area contributed by atoms with Crippen molar-refractivity contribution in [2.45, 2.75) is 6.42 Å². The molecule has 0 rings (SSSR count). The molecular weight excluding hydrogens is 110 g/mol. The molecule has 0 heterocycles. The van der Waals surface area contributed by atoms with Crippen LogP contribution in [0, 0.1) is 11.3 Å². The normalized spacial score (nSPS) is 9.14. The molecular formula is C5H6ClN. The fourth-order valence-corrected chi connectivity index (χ4v) is 0.325. The Bertz CT molecular complexity index is 90.7. The summed E-state index contributed by atoms with van der Waals surface area (Å²) in [5.41, 5.74) is 0. The summed E-state index contributed by atoms with van der Waals surface area (Å²) >= 11 is 5.24. The van der Waals surface area contributed by atoms with Gasteiger partial charge in [0.15, 0.2) is 0 Å². The average Bonchev–Trinajstić information content (AvgIpc) is 1.69. The van der Waals surface area contributed by atoms with Crippen LogP contribution in [0.4, 0.5) is 0 Å². The maximum atomic E-state index is 7.95. The van der Waals surface area contributed by atoms with E-state index in [4.69, 9.17) is 16.9 Å². The molecule has 0 spiro atoms. The van der Waals surface area contributed by atoms with Crippen molar-refractivity contribution >= 4 is 11.6 Å². The largest absolute Gasteiger partial charge is 0.198 e. The first kappa shape index (κ1) is 6.52. The highest BCUT2D eigenvalue weighted by molar-refractivity contribution is 6.18. The van der Waals surface area contributed by atoms with E-state index in [2.05, 4.69) is 0 Å². The number of alkyl halides is 1. The molecule has 0 unspecified atom stereocenters. The lowest BCUT2D eigenvalue weighted by Crippen LogP contribution is -1.58. The maximum Gasteiger partial charge on any atom is 0.0663 e. The molecule has 0 atom stereocenters. The minimum Gasteiger partial charge on any atom is -0.198 e. The third-order valence-electron chi connectivity index (χ3n) is 0.465. The topological polar surface area (TPSA) is 23.8 Å². The third kappa shape index (κ3) is 5.52. The molecule has 0 aliphatic carbocycles. The van der Waals surface area contributed by atoms with E-state index in [0.29, 0.717) is 12.3 Å². The van der Waals surface area contributed by atoms with Crippen molar-refractivity contribution in [1.29, 1.82) is 5.26 Å². The van der Waals surface area contributed by atoms with Crippen molar-refractivity contribution < 1.29 is 0 Å². The number of rotatable bonds is 2. The fourth-order valence-electron chi connectivity index (χ4n) is 0.199. The first-order valence-electron chi connectivity index (χ1n) is 1.99. The van der Waals surface area contributed by atoms with Gasteiger partial charge in [-0.15, -0.1) is 11.6 Å². The van der Waals surface area contributed by atoms with Gasteiger partial charge in [-0.1, -0.05) is 12.2 Å². The number of hydrogen-bond donors (Lipinski definition) is 0. The Morgan fingerprint density at radius 3 is 2.71 bits per heavy atom. The summed E-state index contributed by atoms with van der Waals surface area (Å²) in [5, 5.41) is 7.95. The van der Waals surface area contributed by atoms with Gasteiger partial charge in [0.1, 0.15) is 0 Å². The van der Waals surface area contributed by atoms with Gasteiger partial charge >= 0.3 is 0 Å². The van der Waals surface area contributed by atoms with E-state index < -0.39 is 0 Å². The molecule has 0 aliphatic heterocycles. The van der Waals surface area contributed by atoms with Crippen molar-refractivity contribution in [2.75, 3.05) is 5.88 Å². The van der Waals surface area contributed by atoms with E-state index in [1.54, 1.807) is 12.2 Å². The van der Waals surface area contributed by atoms with E-state index in [0.717, 1.165) is 0 Å². The van der Waals surface area contributed by atoms with Crippen molar-refractivity contribution in [3.63, 3.8) is 0 Å². The lowest BCUT2D eigenvalue weighted by molar-refractivity contribution is 1.35. The Kier molecular flexibility index (Phi) is 5.14. The van der Waals surface area contributed by atoms with Crippen molar-refractivity contribution in [2.24, 2.45) is 0 Å². The minimum atomic E-state index is 0.465. The monoisotopic (exact) mass is 115 g/mol. The highest BCUT2D eigenvalue weighted by Crippen LogP contribution is 1.80. The molecule has 0 fully saturated rings. The van der Waals surface area contributed by atoms with Crippen molar-refractivity contribution in [3.05, 3.63) is 12.2 Å². The Morgan fingerprint density at radius 2 is 2.29 bits per heavy atom. The summed E-state index contributed by atoms with van der Waals surface area (Å²) in [5.74, 6) is 0.502. The van der Waals surface area contributed by atoms with Gasteiger partial charge in [0.05, 0.1) is 12.5 Å². The van der Waals surface area contributed by atoms with E-state index in [9.17, 15) is 0 Å². The third-order valence-corrected chi connectivity index (χ3v) is 0.643. The Morgan fingerprint density at radius 1 is 1.57 bits per heavy atom. The molecule has 0 amide bonds. The summed E-state index contributed by atoms with van der Waals surface area (Å²) in [6.45, 7) is 0. The molecule has 0 aromatic heterocycles. The predicted molar refractivity (Wildman–Crippen MR) is 30.1 cm³/mol. The maximum absolute atomic E-state index is 7.95. The van der Waals surface area contributed by atoms with Gasteiger partial charge in [-0.25, -0.2) is 0 Å². The fraction of sp³-hybridized carbons (Fsp3) is 0.400. The Balaban J connectivity index is 2.97. The van der Waals surface area contributed by atoms with Gasteiger partial charge in [-0.05, 0) is 0 Å². The van der Waals surface area contributed by atoms with Crippen LogP contribution in [0.15, 0.2) is 12.2 Å². The molecule has 0 bridgehead atoms. The molecule has 1 nitrogen and oxygen atoms in total. The van der Waals surface area contributed by atoms with Gasteiger partial charge < -0.3 is 0 Å². The Hall–Kier alpha value is -0.480. The van der Waals surface area contributed by atoms with Gasteiger partial charge in [0.25, 0.3) is 0 Å². The van der Waals surface area contributed by atoms with Crippen LogP contribution < -0.4 is 0 Å². The number of hydrogen-bond acceptors (Lipinski definition) is 1. The second-order valence-electron chi connectivity index (χ2n) is 0.988. The van der Waals surface area contributed by atoms with Crippen molar-refractivity contribution in [1.82, 2.24) is 0 Å². The van der Waals surface area contributed by atoms with E-state index in [-0.39, 0.29) is 0 Å². The standard InChI is InChI=1S/C5H6ClN/c6-4-2-1-3-5-7/h1-2H,3-4H2. The molecule has 7 heavy (non-hydrogen) atoms. The van der Waals surface area contributed by atoms with Crippen LogP contribution in [0.1, 0.15) is 6.42 Å². The summed E-state index contributed by atoms with van der Waals surface area (Å²) in [4.78, 5) is 0. The van der Waals surface area contributed by atoms with Gasteiger partial charge in [-0.3, -0.25) is 0 Å². The quantitative estimate of drug-likeness (QED) is 0.397. The number of nitrogens with zero attached hydrogens (tertiary/aromatic N) is 1. The molecule has 0 aromatic rings. The zero-order chi connectivity index (χ0) is 5.54. The molecule has 0 radical (unpaired) electrons. The van der Waals surface area contributed by atoms with E-state index in [1.165, 1.54) is 0 Å². The number of halogens is 1. The second kappa shape index (κ2) is 5.52. The number of nitriles is 1. The zero-order valence-electron chi connectivity index (χ0n) is 3.89. The lowest BCUT2D eigenvalue weighted by Gasteiger charge is -1.69. The molecule has 0 saturated heterocycles. The average molecular weight is 116 g/mol.